The second-order valence-corrected chi connectivity index (χ2v) is 12.7. The number of ether oxygens (including phenoxy) is 1. The number of allylic oxidation sites excluding steroid dienone is 2. The van der Waals surface area contributed by atoms with E-state index in [1.54, 1.807) is 18.2 Å². The van der Waals surface area contributed by atoms with Crippen LogP contribution in [-0.2, 0) is 0 Å². The van der Waals surface area contributed by atoms with Gasteiger partial charge < -0.3 is 4.74 Å². The maximum Gasteiger partial charge on any atom is 0.201 e. The lowest BCUT2D eigenvalue weighted by atomic mass is 9.68. The van der Waals surface area contributed by atoms with Crippen LogP contribution in [0.5, 0.6) is 5.75 Å². The molecule has 3 heteroatoms. The average Bonchev–Trinajstić information content (AvgIpc) is 2.95. The van der Waals surface area contributed by atoms with Crippen molar-refractivity contribution >= 4 is 6.08 Å². The summed E-state index contributed by atoms with van der Waals surface area (Å²) in [6.45, 7) is 4.91. The van der Waals surface area contributed by atoms with E-state index < -0.39 is 11.6 Å². The van der Waals surface area contributed by atoms with Crippen molar-refractivity contribution in [3.63, 3.8) is 0 Å². The van der Waals surface area contributed by atoms with Crippen LogP contribution in [0.25, 0.3) is 6.08 Å². The maximum atomic E-state index is 14.8. The molecule has 0 bridgehead atoms. The smallest absolute Gasteiger partial charge is 0.201 e. The second-order valence-electron chi connectivity index (χ2n) is 12.7. The molecular weight excluding hydrogens is 474 g/mol. The second kappa shape index (κ2) is 15.2. The van der Waals surface area contributed by atoms with Crippen LogP contribution in [0.1, 0.15) is 122 Å². The van der Waals surface area contributed by atoms with Gasteiger partial charge >= 0.3 is 0 Å². The summed E-state index contributed by atoms with van der Waals surface area (Å²) in [6, 6.07) is 3.27. The van der Waals surface area contributed by atoms with Crippen LogP contribution in [-0.4, -0.2) is 6.61 Å². The third kappa shape index (κ3) is 8.43. The third-order valence-corrected chi connectivity index (χ3v) is 9.89. The minimum absolute atomic E-state index is 0.0318. The van der Waals surface area contributed by atoms with E-state index in [2.05, 4.69) is 32.1 Å². The van der Waals surface area contributed by atoms with Crippen LogP contribution in [0, 0.1) is 47.1 Å². The van der Waals surface area contributed by atoms with Gasteiger partial charge in [0.25, 0.3) is 0 Å². The number of hydrogen-bond donors (Lipinski definition) is 0. The van der Waals surface area contributed by atoms with Gasteiger partial charge in [-0.3, -0.25) is 0 Å². The molecule has 2 unspecified atom stereocenters. The molecule has 212 valence electrons. The molecule has 0 spiro atoms. The topological polar surface area (TPSA) is 9.23 Å². The summed E-state index contributed by atoms with van der Waals surface area (Å²) in [7, 11) is 0. The van der Waals surface area contributed by atoms with Gasteiger partial charge in [-0.1, -0.05) is 83.1 Å². The van der Waals surface area contributed by atoms with E-state index in [4.69, 9.17) is 4.74 Å². The van der Waals surface area contributed by atoms with E-state index in [9.17, 15) is 8.78 Å². The average molecular weight is 527 g/mol. The number of rotatable bonds is 12. The summed E-state index contributed by atoms with van der Waals surface area (Å²) in [6.07, 6.45) is 29.3. The molecule has 0 amide bonds. The Morgan fingerprint density at radius 2 is 1.42 bits per heavy atom. The predicted molar refractivity (Wildman–Crippen MR) is 156 cm³/mol. The zero-order chi connectivity index (χ0) is 26.7. The van der Waals surface area contributed by atoms with Gasteiger partial charge in [0.15, 0.2) is 11.6 Å². The zero-order valence-electron chi connectivity index (χ0n) is 24.1. The van der Waals surface area contributed by atoms with Crippen molar-refractivity contribution < 1.29 is 13.5 Å². The standard InChI is InChI=1S/C35H52F2O/c1-3-5-6-8-27-13-18-30(19-14-27)31-20-15-28(16-21-31)17-22-32-23-24-33(35(37)34(32)36)38-25-29-11-9-26(7-4-2)10-12-29/h9,11,17,22-24,26-31H,3-8,10,12-16,18-21,25H2,1-2H3/b22-17+. The van der Waals surface area contributed by atoms with Crippen molar-refractivity contribution in [2.24, 2.45) is 35.5 Å². The highest BCUT2D eigenvalue weighted by molar-refractivity contribution is 5.52. The summed E-state index contributed by atoms with van der Waals surface area (Å²) >= 11 is 0. The Morgan fingerprint density at radius 1 is 0.737 bits per heavy atom. The highest BCUT2D eigenvalue weighted by Gasteiger charge is 2.30. The molecule has 2 atom stereocenters. The summed E-state index contributed by atoms with van der Waals surface area (Å²) in [4.78, 5) is 0. The fourth-order valence-electron chi connectivity index (χ4n) is 7.35. The molecule has 4 rings (SSSR count). The Bertz CT molecular complexity index is 889. The zero-order valence-corrected chi connectivity index (χ0v) is 24.1. The van der Waals surface area contributed by atoms with Crippen molar-refractivity contribution in [2.75, 3.05) is 6.61 Å². The molecule has 38 heavy (non-hydrogen) atoms. The van der Waals surface area contributed by atoms with E-state index in [-0.39, 0.29) is 11.7 Å². The lowest BCUT2D eigenvalue weighted by Crippen LogP contribution is -2.25. The van der Waals surface area contributed by atoms with E-state index in [1.807, 2.05) is 0 Å². The van der Waals surface area contributed by atoms with Gasteiger partial charge in [-0.05, 0) is 99.5 Å². The number of unbranched alkanes of at least 4 members (excludes halogenated alkanes) is 2. The monoisotopic (exact) mass is 526 g/mol. The number of hydrogen-bond acceptors (Lipinski definition) is 1. The lowest BCUT2D eigenvalue weighted by molar-refractivity contribution is 0.151. The quantitative estimate of drug-likeness (QED) is 0.194. The van der Waals surface area contributed by atoms with E-state index in [1.165, 1.54) is 89.9 Å². The summed E-state index contributed by atoms with van der Waals surface area (Å²) in [5.41, 5.74) is 0.332. The maximum absolute atomic E-state index is 14.8. The van der Waals surface area contributed by atoms with E-state index >= 15 is 0 Å². The van der Waals surface area contributed by atoms with Gasteiger partial charge in [0.2, 0.25) is 5.82 Å². The predicted octanol–water partition coefficient (Wildman–Crippen LogP) is 10.9. The first-order valence-corrected chi connectivity index (χ1v) is 16.0. The first-order valence-electron chi connectivity index (χ1n) is 16.0. The Kier molecular flexibility index (Phi) is 11.8. The Balaban J connectivity index is 1.20. The third-order valence-electron chi connectivity index (χ3n) is 9.89. The summed E-state index contributed by atoms with van der Waals surface area (Å²) in [5.74, 6) is 2.57. The van der Waals surface area contributed by atoms with Gasteiger partial charge in [0.1, 0.15) is 0 Å². The van der Waals surface area contributed by atoms with Gasteiger partial charge in [-0.25, -0.2) is 4.39 Å². The first kappa shape index (κ1) is 29.3. The Labute approximate surface area is 231 Å². The van der Waals surface area contributed by atoms with Gasteiger partial charge in [0.05, 0.1) is 6.61 Å². The van der Waals surface area contributed by atoms with Crippen LogP contribution < -0.4 is 4.74 Å². The molecule has 1 aromatic rings. The molecule has 0 saturated heterocycles. The minimum atomic E-state index is -0.857. The van der Waals surface area contributed by atoms with Gasteiger partial charge in [-0.2, -0.15) is 4.39 Å². The largest absolute Gasteiger partial charge is 0.490 e. The normalized spacial score (nSPS) is 30.1. The molecule has 0 heterocycles. The Hall–Kier alpha value is -1.64. The van der Waals surface area contributed by atoms with Crippen LogP contribution >= 0.6 is 0 Å². The summed E-state index contributed by atoms with van der Waals surface area (Å²) in [5, 5.41) is 0. The first-order chi connectivity index (χ1) is 18.6. The molecule has 2 fully saturated rings. The van der Waals surface area contributed by atoms with Crippen LogP contribution in [0.3, 0.4) is 0 Å². The van der Waals surface area contributed by atoms with Crippen molar-refractivity contribution in [1.82, 2.24) is 0 Å². The Morgan fingerprint density at radius 3 is 2.08 bits per heavy atom. The van der Waals surface area contributed by atoms with Crippen molar-refractivity contribution in [3.05, 3.63) is 47.6 Å². The molecule has 0 aromatic heterocycles. The number of benzene rings is 1. The molecule has 3 aliphatic rings. The molecule has 3 aliphatic carbocycles. The van der Waals surface area contributed by atoms with Crippen molar-refractivity contribution in [2.45, 2.75) is 117 Å². The molecule has 0 N–H and O–H groups in total. The van der Waals surface area contributed by atoms with Gasteiger partial charge in [-0.15, -0.1) is 0 Å². The molecular formula is C35H52F2O. The molecule has 1 nitrogen and oxygen atoms in total. The number of halogens is 2. The molecule has 0 aliphatic heterocycles. The lowest BCUT2D eigenvalue weighted by Gasteiger charge is -2.37. The molecule has 2 saturated carbocycles. The van der Waals surface area contributed by atoms with E-state index in [0.717, 1.165) is 30.6 Å². The van der Waals surface area contributed by atoms with Crippen molar-refractivity contribution in [3.8, 4) is 5.75 Å². The van der Waals surface area contributed by atoms with Gasteiger partial charge in [0, 0.05) is 11.5 Å². The van der Waals surface area contributed by atoms with E-state index in [0.29, 0.717) is 24.0 Å². The van der Waals surface area contributed by atoms with Crippen LogP contribution in [0.2, 0.25) is 0 Å². The minimum Gasteiger partial charge on any atom is -0.490 e. The highest BCUT2D eigenvalue weighted by atomic mass is 19.2. The fraction of sp³-hybridized carbons (Fsp3) is 0.714. The van der Waals surface area contributed by atoms with Crippen molar-refractivity contribution in [1.29, 1.82) is 0 Å². The van der Waals surface area contributed by atoms with Crippen LogP contribution in [0.4, 0.5) is 8.78 Å². The summed E-state index contributed by atoms with van der Waals surface area (Å²) < 4.78 is 35.3. The molecule has 0 radical (unpaired) electrons. The fourth-order valence-corrected chi connectivity index (χ4v) is 7.35. The highest BCUT2D eigenvalue weighted by Crippen LogP contribution is 2.42. The molecule has 1 aromatic carbocycles. The van der Waals surface area contributed by atoms with Crippen LogP contribution in [0.15, 0.2) is 30.4 Å². The SMILES string of the molecule is CCCCCC1CCC(C2CCC(/C=C/c3ccc(OCC4C=CC(CCC)CC4)c(F)c3F)CC2)CC1.